The Morgan fingerprint density at radius 1 is 0.917 bits per heavy atom. The van der Waals surface area contributed by atoms with Crippen LogP contribution >= 0.6 is 0 Å². The Morgan fingerprint density at radius 3 is 2.08 bits per heavy atom. The first kappa shape index (κ1) is 18.6. The highest BCUT2D eigenvalue weighted by Crippen LogP contribution is 2.20. The van der Waals surface area contributed by atoms with Crippen molar-refractivity contribution < 1.29 is 14.9 Å². The van der Waals surface area contributed by atoms with Crippen molar-refractivity contribution in [2.45, 2.75) is 45.3 Å². The van der Waals surface area contributed by atoms with Crippen molar-refractivity contribution in [1.82, 2.24) is 5.32 Å². The Morgan fingerprint density at radius 2 is 1.50 bits per heavy atom. The molecule has 4 nitrogen and oxygen atoms in total. The molecule has 130 valence electrons. The van der Waals surface area contributed by atoms with E-state index in [1.807, 2.05) is 42.5 Å². The summed E-state index contributed by atoms with van der Waals surface area (Å²) in [6, 6.07) is 16.9. The van der Waals surface area contributed by atoms with Crippen LogP contribution in [0.3, 0.4) is 0 Å². The monoisotopic (exact) mass is 329 g/mol. The first-order chi connectivity index (χ1) is 11.3. The third-order valence-corrected chi connectivity index (χ3v) is 3.68. The minimum atomic E-state index is -0.982. The maximum absolute atomic E-state index is 10.2. The number of benzene rings is 2. The molecule has 0 spiro atoms. The number of ether oxygens (including phenoxy) is 1. The van der Waals surface area contributed by atoms with Crippen LogP contribution in [0.5, 0.6) is 0 Å². The van der Waals surface area contributed by atoms with Crippen LogP contribution in [0.15, 0.2) is 54.6 Å². The standard InChI is InChI=1S/C20H27NO3/c1-20(2,3)21-13-18(22)16-9-11-17(12-10-16)19(23)24-14-15-7-5-4-6-8-15/h4-12,18-19,21-23H,13-14H2,1-3H3/t18-,19+/m0/s1. The van der Waals surface area contributed by atoms with E-state index in [2.05, 4.69) is 26.1 Å². The second-order valence-electron chi connectivity index (χ2n) is 6.96. The zero-order valence-electron chi connectivity index (χ0n) is 14.6. The van der Waals surface area contributed by atoms with Crippen LogP contribution in [0, 0.1) is 0 Å². The lowest BCUT2D eigenvalue weighted by atomic mass is 10.0. The Labute approximate surface area is 144 Å². The Balaban J connectivity index is 1.88. The third-order valence-electron chi connectivity index (χ3n) is 3.68. The van der Waals surface area contributed by atoms with Gasteiger partial charge in [0.1, 0.15) is 0 Å². The van der Waals surface area contributed by atoms with Gasteiger partial charge in [0, 0.05) is 17.6 Å². The highest BCUT2D eigenvalue weighted by atomic mass is 16.6. The van der Waals surface area contributed by atoms with Crippen LogP contribution in [0.4, 0.5) is 0 Å². The van der Waals surface area contributed by atoms with E-state index < -0.39 is 12.4 Å². The van der Waals surface area contributed by atoms with Crippen LogP contribution in [0.2, 0.25) is 0 Å². The van der Waals surface area contributed by atoms with E-state index in [4.69, 9.17) is 4.74 Å². The van der Waals surface area contributed by atoms with Gasteiger partial charge in [-0.05, 0) is 31.9 Å². The molecule has 3 N–H and O–H groups in total. The molecule has 0 fully saturated rings. The SMILES string of the molecule is CC(C)(C)NC[C@H](O)c1ccc([C@H](O)OCc2ccccc2)cc1. The predicted molar refractivity (Wildman–Crippen MR) is 95.3 cm³/mol. The number of aliphatic hydroxyl groups is 2. The van der Waals surface area contributed by atoms with Crippen molar-refractivity contribution >= 4 is 0 Å². The summed E-state index contributed by atoms with van der Waals surface area (Å²) in [7, 11) is 0. The van der Waals surface area contributed by atoms with Crippen molar-refractivity contribution in [2.24, 2.45) is 0 Å². The molecule has 0 saturated carbocycles. The van der Waals surface area contributed by atoms with Gasteiger partial charge in [-0.1, -0.05) is 54.6 Å². The number of aliphatic hydroxyl groups excluding tert-OH is 2. The summed E-state index contributed by atoms with van der Waals surface area (Å²) in [6.07, 6.45) is -1.57. The van der Waals surface area contributed by atoms with Crippen molar-refractivity contribution in [3.05, 3.63) is 71.3 Å². The zero-order valence-corrected chi connectivity index (χ0v) is 14.6. The molecule has 0 aliphatic rings. The van der Waals surface area contributed by atoms with Gasteiger partial charge in [0.2, 0.25) is 0 Å². The van der Waals surface area contributed by atoms with E-state index >= 15 is 0 Å². The van der Waals surface area contributed by atoms with E-state index in [0.29, 0.717) is 18.7 Å². The summed E-state index contributed by atoms with van der Waals surface area (Å²) in [5.41, 5.74) is 2.45. The fourth-order valence-corrected chi connectivity index (χ4v) is 2.25. The van der Waals surface area contributed by atoms with Gasteiger partial charge in [-0.2, -0.15) is 0 Å². The third kappa shape index (κ3) is 6.06. The average molecular weight is 329 g/mol. The Bertz CT molecular complexity index is 605. The number of rotatable bonds is 7. The summed E-state index contributed by atoms with van der Waals surface area (Å²) in [4.78, 5) is 0. The highest BCUT2D eigenvalue weighted by molar-refractivity contribution is 5.25. The Hall–Kier alpha value is -1.72. The topological polar surface area (TPSA) is 61.7 Å². The van der Waals surface area contributed by atoms with Crippen LogP contribution in [0.1, 0.15) is 49.9 Å². The predicted octanol–water partition coefficient (Wildman–Crippen LogP) is 3.32. The van der Waals surface area contributed by atoms with Crippen LogP contribution in [0.25, 0.3) is 0 Å². The van der Waals surface area contributed by atoms with Crippen LogP contribution in [-0.2, 0) is 11.3 Å². The summed E-state index contributed by atoms with van der Waals surface area (Å²) >= 11 is 0. The molecule has 0 heterocycles. The summed E-state index contributed by atoms with van der Waals surface area (Å²) in [5, 5.41) is 23.6. The molecule has 2 rings (SSSR count). The molecule has 0 amide bonds. The van der Waals surface area contributed by atoms with E-state index in [-0.39, 0.29) is 5.54 Å². The van der Waals surface area contributed by atoms with Crippen molar-refractivity contribution in [3.8, 4) is 0 Å². The van der Waals surface area contributed by atoms with Gasteiger partial charge in [-0.25, -0.2) is 0 Å². The van der Waals surface area contributed by atoms with Gasteiger partial charge in [0.25, 0.3) is 0 Å². The van der Waals surface area contributed by atoms with Gasteiger partial charge < -0.3 is 20.3 Å². The molecular weight excluding hydrogens is 302 g/mol. The molecule has 0 aliphatic carbocycles. The van der Waals surface area contributed by atoms with Gasteiger partial charge in [0.15, 0.2) is 6.29 Å². The van der Waals surface area contributed by atoms with Gasteiger partial charge in [-0.3, -0.25) is 0 Å². The number of hydrogen-bond acceptors (Lipinski definition) is 4. The van der Waals surface area contributed by atoms with E-state index in [9.17, 15) is 10.2 Å². The number of nitrogens with one attached hydrogen (secondary N) is 1. The van der Waals surface area contributed by atoms with Crippen molar-refractivity contribution in [3.63, 3.8) is 0 Å². The molecule has 2 aromatic rings. The van der Waals surface area contributed by atoms with E-state index in [1.54, 1.807) is 12.1 Å². The quantitative estimate of drug-likeness (QED) is 0.682. The molecule has 24 heavy (non-hydrogen) atoms. The largest absolute Gasteiger partial charge is 0.387 e. The van der Waals surface area contributed by atoms with Gasteiger partial charge in [0.05, 0.1) is 12.7 Å². The molecule has 0 unspecified atom stereocenters. The maximum Gasteiger partial charge on any atom is 0.181 e. The zero-order chi connectivity index (χ0) is 17.6. The minimum absolute atomic E-state index is 0.0393. The molecule has 0 aliphatic heterocycles. The van der Waals surface area contributed by atoms with E-state index in [1.165, 1.54) is 0 Å². The second-order valence-corrected chi connectivity index (χ2v) is 6.96. The molecule has 2 aromatic carbocycles. The molecule has 0 radical (unpaired) electrons. The maximum atomic E-state index is 10.2. The molecular formula is C20H27NO3. The lowest BCUT2D eigenvalue weighted by Crippen LogP contribution is -2.38. The fourth-order valence-electron chi connectivity index (χ4n) is 2.25. The van der Waals surface area contributed by atoms with Gasteiger partial charge >= 0.3 is 0 Å². The second kappa shape index (κ2) is 8.40. The van der Waals surface area contributed by atoms with E-state index in [0.717, 1.165) is 11.1 Å². The summed E-state index contributed by atoms with van der Waals surface area (Å²) < 4.78 is 5.49. The highest BCUT2D eigenvalue weighted by Gasteiger charge is 2.14. The lowest BCUT2D eigenvalue weighted by molar-refractivity contribution is -0.112. The van der Waals surface area contributed by atoms with Gasteiger partial charge in [-0.15, -0.1) is 0 Å². The normalized spacial score (nSPS) is 14.4. The Kier molecular flexibility index (Phi) is 6.52. The number of hydrogen-bond donors (Lipinski definition) is 3. The minimum Gasteiger partial charge on any atom is -0.387 e. The first-order valence-corrected chi connectivity index (χ1v) is 8.22. The molecule has 4 heteroatoms. The molecule has 0 aromatic heterocycles. The lowest BCUT2D eigenvalue weighted by Gasteiger charge is -2.23. The molecule has 0 bridgehead atoms. The molecule has 0 saturated heterocycles. The van der Waals surface area contributed by atoms with Crippen LogP contribution < -0.4 is 5.32 Å². The number of β-amino-alcohol motifs (C(OH)–C–C–N with tert-alkyl or cyclic N) is 1. The van der Waals surface area contributed by atoms with Crippen LogP contribution in [-0.4, -0.2) is 22.3 Å². The first-order valence-electron chi connectivity index (χ1n) is 8.22. The molecule has 2 atom stereocenters. The smallest absolute Gasteiger partial charge is 0.181 e. The summed E-state index contributed by atoms with van der Waals surface area (Å²) in [5.74, 6) is 0. The van der Waals surface area contributed by atoms with Crippen molar-refractivity contribution in [2.75, 3.05) is 6.54 Å². The average Bonchev–Trinajstić information content (AvgIpc) is 2.58. The fraction of sp³-hybridized carbons (Fsp3) is 0.400. The van der Waals surface area contributed by atoms with Crippen molar-refractivity contribution in [1.29, 1.82) is 0 Å². The summed E-state index contributed by atoms with van der Waals surface area (Å²) in [6.45, 7) is 7.01.